The highest BCUT2D eigenvalue weighted by Gasteiger charge is 2.17. The van der Waals surface area contributed by atoms with Crippen LogP contribution in [-0.2, 0) is 0 Å². The largest absolute Gasteiger partial charge is 0.495 e. The van der Waals surface area contributed by atoms with Crippen molar-refractivity contribution in [3.8, 4) is 17.0 Å². The van der Waals surface area contributed by atoms with Crippen LogP contribution in [0.2, 0.25) is 0 Å². The zero-order chi connectivity index (χ0) is 19.7. The van der Waals surface area contributed by atoms with E-state index in [0.717, 1.165) is 16.6 Å². The second-order valence-corrected chi connectivity index (χ2v) is 7.05. The van der Waals surface area contributed by atoms with E-state index in [4.69, 9.17) is 4.74 Å². The Morgan fingerprint density at radius 1 is 1.25 bits per heavy atom. The summed E-state index contributed by atoms with van der Waals surface area (Å²) in [6.07, 6.45) is 1.45. The SMILES string of the molecule is COc1ccc(C(=O)N(C)C)cc1Nc1ncnc2n[nH]c(-c3ccsc3)c12. The Morgan fingerprint density at radius 3 is 2.82 bits per heavy atom. The molecule has 0 aliphatic rings. The molecule has 0 fully saturated rings. The molecule has 142 valence electrons. The fraction of sp³-hybridized carbons (Fsp3) is 0.158. The summed E-state index contributed by atoms with van der Waals surface area (Å²) in [6.45, 7) is 0. The van der Waals surface area contributed by atoms with Gasteiger partial charge in [-0.25, -0.2) is 9.97 Å². The second-order valence-electron chi connectivity index (χ2n) is 6.27. The van der Waals surface area contributed by atoms with Crippen molar-refractivity contribution in [1.82, 2.24) is 25.1 Å². The van der Waals surface area contributed by atoms with Gasteiger partial charge in [-0.05, 0) is 29.6 Å². The first-order chi connectivity index (χ1) is 13.6. The van der Waals surface area contributed by atoms with Crippen molar-refractivity contribution in [2.45, 2.75) is 0 Å². The van der Waals surface area contributed by atoms with E-state index in [9.17, 15) is 4.79 Å². The van der Waals surface area contributed by atoms with Gasteiger partial charge < -0.3 is 15.0 Å². The number of anilines is 2. The minimum absolute atomic E-state index is 0.0965. The summed E-state index contributed by atoms with van der Waals surface area (Å²) in [7, 11) is 5.01. The maximum Gasteiger partial charge on any atom is 0.253 e. The Labute approximate surface area is 165 Å². The predicted molar refractivity (Wildman–Crippen MR) is 109 cm³/mol. The molecule has 3 aromatic heterocycles. The Balaban J connectivity index is 1.81. The monoisotopic (exact) mass is 394 g/mol. The van der Waals surface area contributed by atoms with Crippen molar-refractivity contribution < 1.29 is 9.53 Å². The van der Waals surface area contributed by atoms with Crippen molar-refractivity contribution in [1.29, 1.82) is 0 Å². The lowest BCUT2D eigenvalue weighted by molar-refractivity contribution is 0.0827. The maximum absolute atomic E-state index is 12.3. The van der Waals surface area contributed by atoms with E-state index in [0.29, 0.717) is 28.5 Å². The summed E-state index contributed by atoms with van der Waals surface area (Å²) in [4.78, 5) is 22.5. The van der Waals surface area contributed by atoms with Crippen molar-refractivity contribution in [2.24, 2.45) is 0 Å². The number of aromatic nitrogens is 4. The van der Waals surface area contributed by atoms with Crippen LogP contribution in [0.1, 0.15) is 10.4 Å². The molecule has 0 aliphatic carbocycles. The van der Waals surface area contributed by atoms with E-state index in [1.54, 1.807) is 50.7 Å². The number of nitrogens with zero attached hydrogens (tertiary/aromatic N) is 4. The van der Waals surface area contributed by atoms with Crippen molar-refractivity contribution in [3.63, 3.8) is 0 Å². The number of H-pyrrole nitrogens is 1. The molecule has 1 amide bonds. The highest BCUT2D eigenvalue weighted by Crippen LogP contribution is 2.35. The van der Waals surface area contributed by atoms with Gasteiger partial charge in [-0.1, -0.05) is 0 Å². The highest BCUT2D eigenvalue weighted by molar-refractivity contribution is 7.08. The van der Waals surface area contributed by atoms with Gasteiger partial charge in [0.25, 0.3) is 5.91 Å². The van der Waals surface area contributed by atoms with E-state index in [-0.39, 0.29) is 5.91 Å². The normalized spacial score (nSPS) is 10.8. The van der Waals surface area contributed by atoms with Gasteiger partial charge in [0.15, 0.2) is 5.65 Å². The van der Waals surface area contributed by atoms with Crippen LogP contribution in [0.4, 0.5) is 11.5 Å². The lowest BCUT2D eigenvalue weighted by Gasteiger charge is -2.15. The zero-order valence-corrected chi connectivity index (χ0v) is 16.4. The number of fused-ring (bicyclic) bond motifs is 1. The molecule has 0 saturated heterocycles. The van der Waals surface area contributed by atoms with Gasteiger partial charge in [0.2, 0.25) is 0 Å². The van der Waals surface area contributed by atoms with E-state index >= 15 is 0 Å². The average Bonchev–Trinajstić information content (AvgIpc) is 3.37. The quantitative estimate of drug-likeness (QED) is 0.538. The summed E-state index contributed by atoms with van der Waals surface area (Å²) in [6, 6.07) is 7.24. The van der Waals surface area contributed by atoms with Gasteiger partial charge in [-0.15, -0.1) is 0 Å². The fourth-order valence-electron chi connectivity index (χ4n) is 2.89. The van der Waals surface area contributed by atoms with Crippen LogP contribution < -0.4 is 10.1 Å². The molecule has 0 radical (unpaired) electrons. The summed E-state index contributed by atoms with van der Waals surface area (Å²) in [5.41, 5.74) is 3.57. The molecular weight excluding hydrogens is 376 g/mol. The first-order valence-electron chi connectivity index (χ1n) is 8.47. The first kappa shape index (κ1) is 17.9. The molecule has 3 heterocycles. The third kappa shape index (κ3) is 3.16. The number of methoxy groups -OCH3 is 1. The van der Waals surface area contributed by atoms with Gasteiger partial charge in [0.05, 0.1) is 23.9 Å². The molecule has 0 saturated carbocycles. The fourth-order valence-corrected chi connectivity index (χ4v) is 3.54. The van der Waals surface area contributed by atoms with Crippen LogP contribution >= 0.6 is 11.3 Å². The smallest absolute Gasteiger partial charge is 0.253 e. The van der Waals surface area contributed by atoms with E-state index in [1.807, 2.05) is 16.8 Å². The Morgan fingerprint density at radius 2 is 2.11 bits per heavy atom. The topological polar surface area (TPSA) is 96.0 Å². The van der Waals surface area contributed by atoms with Crippen molar-refractivity contribution in [2.75, 3.05) is 26.5 Å². The summed E-state index contributed by atoms with van der Waals surface area (Å²) < 4.78 is 5.46. The van der Waals surface area contributed by atoms with Gasteiger partial charge in [0, 0.05) is 30.6 Å². The number of benzene rings is 1. The minimum atomic E-state index is -0.0965. The molecule has 0 spiro atoms. The number of amides is 1. The Kier molecular flexibility index (Phi) is 4.66. The Hall–Kier alpha value is -3.46. The molecule has 9 heteroatoms. The van der Waals surface area contributed by atoms with Gasteiger partial charge in [0.1, 0.15) is 17.9 Å². The predicted octanol–water partition coefficient (Wildman–Crippen LogP) is 3.54. The molecule has 1 aromatic carbocycles. The molecule has 4 rings (SSSR count). The van der Waals surface area contributed by atoms with Crippen molar-refractivity contribution in [3.05, 3.63) is 46.9 Å². The number of ether oxygens (including phenoxy) is 1. The third-order valence-electron chi connectivity index (χ3n) is 4.27. The molecule has 0 unspecified atom stereocenters. The summed E-state index contributed by atoms with van der Waals surface area (Å²) >= 11 is 1.60. The molecular formula is C19H18N6O2S. The number of carbonyl (C=O) groups excluding carboxylic acids is 1. The lowest BCUT2D eigenvalue weighted by Crippen LogP contribution is -2.21. The summed E-state index contributed by atoms with van der Waals surface area (Å²) in [5.74, 6) is 1.08. The van der Waals surface area contributed by atoms with Crippen LogP contribution in [0.15, 0.2) is 41.4 Å². The second kappa shape index (κ2) is 7.28. The Bertz CT molecular complexity index is 1140. The number of rotatable bonds is 5. The lowest BCUT2D eigenvalue weighted by atomic mass is 10.1. The van der Waals surface area contributed by atoms with E-state index in [2.05, 4.69) is 25.5 Å². The average molecular weight is 394 g/mol. The molecule has 2 N–H and O–H groups in total. The van der Waals surface area contributed by atoms with Gasteiger partial charge >= 0.3 is 0 Å². The van der Waals surface area contributed by atoms with Gasteiger partial charge in [-0.3, -0.25) is 9.89 Å². The standard InChI is InChI=1S/C19H18N6O2S/c1-25(2)19(26)11-4-5-14(27-3)13(8-11)22-17-15-16(12-6-7-28-9-12)23-24-18(15)21-10-20-17/h4-10H,1-3H3,(H2,20,21,22,23,24). The number of carbonyl (C=O) groups is 1. The molecule has 4 aromatic rings. The summed E-state index contributed by atoms with van der Waals surface area (Å²) in [5, 5.41) is 15.4. The number of hydrogen-bond acceptors (Lipinski definition) is 7. The molecule has 0 atom stereocenters. The van der Waals surface area contributed by atoms with E-state index < -0.39 is 0 Å². The van der Waals surface area contributed by atoms with Crippen LogP contribution in [0.3, 0.4) is 0 Å². The highest BCUT2D eigenvalue weighted by atomic mass is 32.1. The van der Waals surface area contributed by atoms with Crippen molar-refractivity contribution >= 4 is 39.8 Å². The maximum atomic E-state index is 12.3. The number of thiophene rings is 1. The molecule has 0 aliphatic heterocycles. The van der Waals surface area contributed by atoms with E-state index in [1.165, 1.54) is 11.2 Å². The molecule has 0 bridgehead atoms. The van der Waals surface area contributed by atoms with Crippen LogP contribution in [0, 0.1) is 0 Å². The molecule has 8 nitrogen and oxygen atoms in total. The van der Waals surface area contributed by atoms with Gasteiger partial charge in [-0.2, -0.15) is 16.4 Å². The first-order valence-corrected chi connectivity index (χ1v) is 9.41. The minimum Gasteiger partial charge on any atom is -0.495 e. The van der Waals surface area contributed by atoms with Crippen LogP contribution in [0.5, 0.6) is 5.75 Å². The number of hydrogen-bond donors (Lipinski definition) is 2. The third-order valence-corrected chi connectivity index (χ3v) is 4.95. The number of aromatic amines is 1. The van der Waals surface area contributed by atoms with Crippen LogP contribution in [0.25, 0.3) is 22.3 Å². The zero-order valence-electron chi connectivity index (χ0n) is 15.6. The van der Waals surface area contributed by atoms with Crippen LogP contribution in [-0.4, -0.2) is 52.2 Å². The molecule has 28 heavy (non-hydrogen) atoms. The number of nitrogens with one attached hydrogen (secondary N) is 2.